The number of nitrogens with zero attached hydrogens (tertiary/aromatic N) is 3. The standard InChI is InChI=1S/C18H20N4OS2/c1-12(23)19-18-20-14(11-24-18)10-22-8-6-13(7-9-22)17-21-15-4-2-3-5-16(15)25-17/h2-5,11,13H,6-10H2,1H3,(H,19,20,23). The minimum atomic E-state index is -0.0717. The number of rotatable bonds is 4. The van der Waals surface area contributed by atoms with Gasteiger partial charge in [-0.15, -0.1) is 22.7 Å². The van der Waals surface area contributed by atoms with E-state index in [4.69, 9.17) is 4.98 Å². The lowest BCUT2D eigenvalue weighted by molar-refractivity contribution is -0.114. The highest BCUT2D eigenvalue weighted by atomic mass is 32.1. The smallest absolute Gasteiger partial charge is 0.223 e. The van der Waals surface area contributed by atoms with Gasteiger partial charge in [-0.05, 0) is 38.1 Å². The minimum Gasteiger partial charge on any atom is -0.302 e. The molecule has 3 aromatic rings. The Hall–Kier alpha value is -1.83. The predicted octanol–water partition coefficient (Wildman–Crippen LogP) is 4.09. The van der Waals surface area contributed by atoms with Crippen molar-refractivity contribution in [2.75, 3.05) is 18.4 Å². The Labute approximate surface area is 154 Å². The molecular formula is C18H20N4OS2. The number of carbonyl (C=O) groups excluding carboxylic acids is 1. The van der Waals surface area contributed by atoms with Crippen molar-refractivity contribution in [2.24, 2.45) is 0 Å². The van der Waals surface area contributed by atoms with E-state index in [0.717, 1.165) is 43.7 Å². The maximum atomic E-state index is 11.1. The van der Waals surface area contributed by atoms with Crippen LogP contribution >= 0.6 is 22.7 Å². The fourth-order valence-corrected chi connectivity index (χ4v) is 5.10. The first-order valence-corrected chi connectivity index (χ1v) is 10.2. The molecule has 3 heterocycles. The van der Waals surface area contributed by atoms with E-state index in [-0.39, 0.29) is 5.91 Å². The first kappa shape index (κ1) is 16.6. The highest BCUT2D eigenvalue weighted by Crippen LogP contribution is 2.34. The number of para-hydroxylation sites is 1. The first-order chi connectivity index (χ1) is 12.2. The summed E-state index contributed by atoms with van der Waals surface area (Å²) in [6.07, 6.45) is 2.28. The van der Waals surface area contributed by atoms with Crippen molar-refractivity contribution in [2.45, 2.75) is 32.2 Å². The molecule has 1 fully saturated rings. The number of hydrogen-bond acceptors (Lipinski definition) is 6. The van der Waals surface area contributed by atoms with Crippen LogP contribution in [0.25, 0.3) is 10.2 Å². The minimum absolute atomic E-state index is 0.0717. The van der Waals surface area contributed by atoms with E-state index in [1.165, 1.54) is 28.0 Å². The number of aromatic nitrogens is 2. The van der Waals surface area contributed by atoms with Gasteiger partial charge in [-0.1, -0.05) is 12.1 Å². The van der Waals surface area contributed by atoms with Crippen molar-refractivity contribution in [3.8, 4) is 0 Å². The quantitative estimate of drug-likeness (QED) is 0.749. The number of fused-ring (bicyclic) bond motifs is 1. The predicted molar refractivity (Wildman–Crippen MR) is 103 cm³/mol. The second-order valence-electron chi connectivity index (χ2n) is 6.40. The summed E-state index contributed by atoms with van der Waals surface area (Å²) >= 11 is 3.33. The van der Waals surface area contributed by atoms with Crippen LogP contribution in [0.4, 0.5) is 5.13 Å². The molecule has 1 aliphatic heterocycles. The zero-order valence-electron chi connectivity index (χ0n) is 14.1. The number of nitrogens with one attached hydrogen (secondary N) is 1. The van der Waals surface area contributed by atoms with E-state index in [9.17, 15) is 4.79 Å². The van der Waals surface area contributed by atoms with Crippen LogP contribution < -0.4 is 5.32 Å². The van der Waals surface area contributed by atoms with Crippen molar-refractivity contribution < 1.29 is 4.79 Å². The van der Waals surface area contributed by atoms with Gasteiger partial charge in [-0.2, -0.15) is 0 Å². The average molecular weight is 373 g/mol. The molecule has 7 heteroatoms. The van der Waals surface area contributed by atoms with Crippen molar-refractivity contribution >= 4 is 43.9 Å². The number of piperidine rings is 1. The van der Waals surface area contributed by atoms with E-state index in [1.807, 2.05) is 16.7 Å². The molecule has 0 aliphatic carbocycles. The van der Waals surface area contributed by atoms with Gasteiger partial charge in [0.15, 0.2) is 5.13 Å². The van der Waals surface area contributed by atoms with Crippen LogP contribution in [0, 0.1) is 0 Å². The van der Waals surface area contributed by atoms with Gasteiger partial charge in [0.1, 0.15) is 0 Å². The van der Waals surface area contributed by atoms with Crippen molar-refractivity contribution in [1.82, 2.24) is 14.9 Å². The summed E-state index contributed by atoms with van der Waals surface area (Å²) in [5.41, 5.74) is 2.16. The van der Waals surface area contributed by atoms with Gasteiger partial charge in [0.05, 0.1) is 20.9 Å². The van der Waals surface area contributed by atoms with Gasteiger partial charge in [-0.3, -0.25) is 9.69 Å². The Kier molecular flexibility index (Phi) is 4.78. The van der Waals surface area contributed by atoms with Crippen LogP contribution in [0.15, 0.2) is 29.6 Å². The molecule has 1 amide bonds. The van der Waals surface area contributed by atoms with E-state index in [1.54, 1.807) is 0 Å². The molecule has 25 heavy (non-hydrogen) atoms. The van der Waals surface area contributed by atoms with Gasteiger partial charge >= 0.3 is 0 Å². The molecule has 1 aromatic carbocycles. The Morgan fingerprint density at radius 1 is 1.28 bits per heavy atom. The SMILES string of the molecule is CC(=O)Nc1nc(CN2CCC(c3nc4ccccc4s3)CC2)cs1. The topological polar surface area (TPSA) is 58.1 Å². The van der Waals surface area contributed by atoms with Gasteiger partial charge in [0.2, 0.25) is 5.91 Å². The largest absolute Gasteiger partial charge is 0.302 e. The molecule has 0 atom stereocenters. The molecule has 2 aromatic heterocycles. The second kappa shape index (κ2) is 7.19. The zero-order valence-corrected chi connectivity index (χ0v) is 15.7. The van der Waals surface area contributed by atoms with Crippen LogP contribution in [0.3, 0.4) is 0 Å². The molecule has 130 valence electrons. The number of likely N-dealkylation sites (tertiary alicyclic amines) is 1. The maximum absolute atomic E-state index is 11.1. The molecule has 0 spiro atoms. The highest BCUT2D eigenvalue weighted by Gasteiger charge is 2.23. The van der Waals surface area contributed by atoms with Crippen molar-refractivity contribution in [1.29, 1.82) is 0 Å². The fraction of sp³-hybridized carbons (Fsp3) is 0.389. The van der Waals surface area contributed by atoms with Crippen molar-refractivity contribution in [3.05, 3.63) is 40.3 Å². The van der Waals surface area contributed by atoms with E-state index >= 15 is 0 Å². The number of benzene rings is 1. The lowest BCUT2D eigenvalue weighted by atomic mass is 9.97. The number of amides is 1. The fourth-order valence-electron chi connectivity index (χ4n) is 3.22. The molecule has 1 aliphatic rings. The molecule has 0 unspecified atom stereocenters. The summed E-state index contributed by atoms with van der Waals surface area (Å²) in [6.45, 7) is 4.48. The lowest BCUT2D eigenvalue weighted by Gasteiger charge is -2.30. The van der Waals surface area contributed by atoms with E-state index in [2.05, 4.69) is 39.5 Å². The second-order valence-corrected chi connectivity index (χ2v) is 8.32. The highest BCUT2D eigenvalue weighted by molar-refractivity contribution is 7.18. The van der Waals surface area contributed by atoms with E-state index in [0.29, 0.717) is 11.0 Å². The summed E-state index contributed by atoms with van der Waals surface area (Å²) in [5.74, 6) is 0.497. The summed E-state index contributed by atoms with van der Waals surface area (Å²) in [6, 6.07) is 8.38. The molecule has 0 bridgehead atoms. The summed E-state index contributed by atoms with van der Waals surface area (Å²) in [4.78, 5) is 22.8. The number of carbonyl (C=O) groups is 1. The van der Waals surface area contributed by atoms with Gasteiger partial charge in [-0.25, -0.2) is 9.97 Å². The van der Waals surface area contributed by atoms with Crippen molar-refractivity contribution in [3.63, 3.8) is 0 Å². The molecule has 0 saturated carbocycles. The van der Waals surface area contributed by atoms with Gasteiger partial charge in [0, 0.05) is 24.8 Å². The van der Waals surface area contributed by atoms with Gasteiger partial charge in [0.25, 0.3) is 0 Å². The third-order valence-electron chi connectivity index (χ3n) is 4.47. The number of hydrogen-bond donors (Lipinski definition) is 1. The summed E-state index contributed by atoms with van der Waals surface area (Å²) < 4.78 is 1.29. The summed E-state index contributed by atoms with van der Waals surface area (Å²) in [5, 5.41) is 6.75. The Balaban J connectivity index is 1.35. The Bertz CT molecular complexity index is 847. The Morgan fingerprint density at radius 2 is 2.08 bits per heavy atom. The van der Waals surface area contributed by atoms with Crippen LogP contribution in [-0.2, 0) is 11.3 Å². The number of thiazole rings is 2. The average Bonchev–Trinajstić information content (AvgIpc) is 3.21. The lowest BCUT2D eigenvalue weighted by Crippen LogP contribution is -2.32. The third kappa shape index (κ3) is 3.89. The molecule has 5 nitrogen and oxygen atoms in total. The monoisotopic (exact) mass is 372 g/mol. The van der Waals surface area contributed by atoms with Crippen LogP contribution in [0.2, 0.25) is 0 Å². The zero-order chi connectivity index (χ0) is 17.2. The molecule has 0 radical (unpaired) electrons. The normalized spacial score (nSPS) is 16.4. The van der Waals surface area contributed by atoms with Gasteiger partial charge < -0.3 is 5.32 Å². The first-order valence-electron chi connectivity index (χ1n) is 8.47. The third-order valence-corrected chi connectivity index (χ3v) is 6.47. The summed E-state index contributed by atoms with van der Waals surface area (Å²) in [7, 11) is 0. The maximum Gasteiger partial charge on any atom is 0.223 e. The van der Waals surface area contributed by atoms with Crippen LogP contribution in [0.5, 0.6) is 0 Å². The van der Waals surface area contributed by atoms with Crippen LogP contribution in [0.1, 0.15) is 36.4 Å². The van der Waals surface area contributed by atoms with E-state index < -0.39 is 0 Å². The van der Waals surface area contributed by atoms with Crippen LogP contribution in [-0.4, -0.2) is 33.9 Å². The molecular weight excluding hydrogens is 352 g/mol. The molecule has 4 rings (SSSR count). The molecule has 1 N–H and O–H groups in total. The Morgan fingerprint density at radius 3 is 2.84 bits per heavy atom. The number of anilines is 1. The molecule has 1 saturated heterocycles.